The lowest BCUT2D eigenvalue weighted by Gasteiger charge is -2.27. The molecule has 0 radical (unpaired) electrons. The van der Waals surface area contributed by atoms with Gasteiger partial charge < -0.3 is 10.2 Å². The molecule has 128 valence electrons. The quantitative estimate of drug-likeness (QED) is 0.441. The highest BCUT2D eigenvalue weighted by atomic mass is 16.6. The van der Waals surface area contributed by atoms with Crippen LogP contribution < -0.4 is 5.32 Å². The molecule has 0 spiro atoms. The summed E-state index contributed by atoms with van der Waals surface area (Å²) in [5.74, 6) is 0. The van der Waals surface area contributed by atoms with Crippen molar-refractivity contribution in [3.05, 3.63) is 39.9 Å². The van der Waals surface area contributed by atoms with E-state index in [1.54, 1.807) is 24.1 Å². The average molecular weight is 321 g/mol. The number of carbonyl (C=O) groups is 1. The first kappa shape index (κ1) is 18.9. The van der Waals surface area contributed by atoms with Crippen molar-refractivity contribution in [3.63, 3.8) is 0 Å². The number of nitro benzene ring substituents is 1. The fourth-order valence-corrected chi connectivity index (χ4v) is 2.38. The number of hydrogen-bond donors (Lipinski definition) is 1. The molecular formula is C17H27N3O3. The van der Waals surface area contributed by atoms with Crippen molar-refractivity contribution in [2.75, 3.05) is 7.05 Å². The molecule has 0 fully saturated rings. The molecule has 0 unspecified atom stereocenters. The van der Waals surface area contributed by atoms with E-state index >= 15 is 0 Å². The van der Waals surface area contributed by atoms with Crippen molar-refractivity contribution >= 4 is 11.7 Å². The molecule has 0 heterocycles. The fraction of sp³-hybridized carbons (Fsp3) is 0.588. The van der Waals surface area contributed by atoms with E-state index in [4.69, 9.17) is 0 Å². The number of rotatable bonds is 8. The molecule has 1 aromatic carbocycles. The molecule has 23 heavy (non-hydrogen) atoms. The minimum absolute atomic E-state index is 0.0380. The van der Waals surface area contributed by atoms with Crippen LogP contribution in [0.5, 0.6) is 0 Å². The monoisotopic (exact) mass is 321 g/mol. The van der Waals surface area contributed by atoms with Gasteiger partial charge in [0.15, 0.2) is 0 Å². The second-order valence-electron chi connectivity index (χ2n) is 5.99. The minimum atomic E-state index is -0.425. The highest BCUT2D eigenvalue weighted by Gasteiger charge is 2.20. The van der Waals surface area contributed by atoms with Gasteiger partial charge in [-0.25, -0.2) is 4.79 Å². The van der Waals surface area contributed by atoms with Crippen molar-refractivity contribution in [3.8, 4) is 0 Å². The molecule has 0 bridgehead atoms. The lowest BCUT2D eigenvalue weighted by molar-refractivity contribution is -0.384. The average Bonchev–Trinajstić information content (AvgIpc) is 2.53. The Kier molecular flexibility index (Phi) is 7.51. The van der Waals surface area contributed by atoms with E-state index in [1.165, 1.54) is 18.6 Å². The van der Waals surface area contributed by atoms with Gasteiger partial charge in [0, 0.05) is 25.2 Å². The lowest BCUT2D eigenvalue weighted by atomic mass is 10.1. The van der Waals surface area contributed by atoms with E-state index in [1.807, 2.05) is 13.8 Å². The van der Waals surface area contributed by atoms with Crippen LogP contribution in [0.25, 0.3) is 0 Å². The molecule has 2 atom stereocenters. The van der Waals surface area contributed by atoms with Gasteiger partial charge in [0.05, 0.1) is 11.0 Å². The van der Waals surface area contributed by atoms with Gasteiger partial charge in [0.25, 0.3) is 5.69 Å². The van der Waals surface area contributed by atoms with E-state index in [0.717, 1.165) is 24.8 Å². The number of non-ortho nitro benzene ring substituents is 1. The SMILES string of the molecule is CCCCC[C@H](C)NC(=O)N(C)[C@@H](C)c1cccc([N+](=O)[O-])c1. The van der Waals surface area contributed by atoms with Crippen LogP contribution in [0.4, 0.5) is 10.5 Å². The van der Waals surface area contributed by atoms with E-state index in [2.05, 4.69) is 12.2 Å². The van der Waals surface area contributed by atoms with Crippen LogP contribution in [0, 0.1) is 10.1 Å². The maximum absolute atomic E-state index is 12.3. The molecule has 2 amide bonds. The number of amides is 2. The minimum Gasteiger partial charge on any atom is -0.336 e. The summed E-state index contributed by atoms with van der Waals surface area (Å²) in [6.07, 6.45) is 4.38. The number of hydrogen-bond acceptors (Lipinski definition) is 3. The number of nitrogens with one attached hydrogen (secondary N) is 1. The Morgan fingerprint density at radius 2 is 2.04 bits per heavy atom. The standard InChI is InChI=1S/C17H27N3O3/c1-5-6-7-9-13(2)18-17(21)19(4)14(3)15-10-8-11-16(12-15)20(22)23/h8,10-14H,5-7,9H2,1-4H3,(H,18,21)/t13-,14-/m0/s1. The zero-order valence-electron chi connectivity index (χ0n) is 14.4. The number of carbonyl (C=O) groups excluding carboxylic acids is 1. The maximum Gasteiger partial charge on any atom is 0.317 e. The van der Waals surface area contributed by atoms with Gasteiger partial charge in [-0.1, -0.05) is 38.3 Å². The Hall–Kier alpha value is -2.11. The third-order valence-corrected chi connectivity index (χ3v) is 4.08. The summed E-state index contributed by atoms with van der Waals surface area (Å²) in [7, 11) is 1.71. The Morgan fingerprint density at radius 1 is 1.35 bits per heavy atom. The number of urea groups is 1. The molecule has 1 aromatic rings. The summed E-state index contributed by atoms with van der Waals surface area (Å²) < 4.78 is 0. The molecule has 0 aliphatic heterocycles. The normalized spacial score (nSPS) is 13.2. The predicted molar refractivity (Wildman–Crippen MR) is 91.4 cm³/mol. The largest absolute Gasteiger partial charge is 0.336 e. The predicted octanol–water partition coefficient (Wildman–Crippen LogP) is 4.27. The van der Waals surface area contributed by atoms with Crippen LogP contribution in [0.15, 0.2) is 24.3 Å². The smallest absolute Gasteiger partial charge is 0.317 e. The van der Waals surface area contributed by atoms with Crippen LogP contribution >= 0.6 is 0 Å². The molecule has 6 heteroatoms. The van der Waals surface area contributed by atoms with Crippen LogP contribution in [-0.2, 0) is 0 Å². The van der Waals surface area contributed by atoms with Gasteiger partial charge in [0.1, 0.15) is 0 Å². The van der Waals surface area contributed by atoms with Gasteiger partial charge >= 0.3 is 6.03 Å². The summed E-state index contributed by atoms with van der Waals surface area (Å²) in [5.41, 5.74) is 0.784. The van der Waals surface area contributed by atoms with E-state index in [-0.39, 0.29) is 23.8 Å². The topological polar surface area (TPSA) is 75.5 Å². The first-order valence-electron chi connectivity index (χ1n) is 8.14. The van der Waals surface area contributed by atoms with Crippen molar-refractivity contribution in [2.45, 2.75) is 58.5 Å². The Morgan fingerprint density at radius 3 is 2.65 bits per heavy atom. The highest BCUT2D eigenvalue weighted by molar-refractivity contribution is 5.74. The van der Waals surface area contributed by atoms with Gasteiger partial charge in [-0.05, 0) is 25.8 Å². The molecule has 0 aliphatic rings. The maximum atomic E-state index is 12.3. The number of unbranched alkanes of at least 4 members (excludes halogenated alkanes) is 2. The zero-order chi connectivity index (χ0) is 17.4. The van der Waals surface area contributed by atoms with Crippen LogP contribution in [0.3, 0.4) is 0 Å². The van der Waals surface area contributed by atoms with Crippen LogP contribution in [0.2, 0.25) is 0 Å². The highest BCUT2D eigenvalue weighted by Crippen LogP contribution is 2.23. The van der Waals surface area contributed by atoms with Crippen LogP contribution in [-0.4, -0.2) is 28.9 Å². The molecule has 1 rings (SSSR count). The van der Waals surface area contributed by atoms with Gasteiger partial charge in [0.2, 0.25) is 0 Å². The summed E-state index contributed by atoms with van der Waals surface area (Å²) in [6.45, 7) is 6.01. The molecule has 0 aliphatic carbocycles. The second-order valence-corrected chi connectivity index (χ2v) is 5.99. The third kappa shape index (κ3) is 5.88. The van der Waals surface area contributed by atoms with Gasteiger partial charge in [-0.3, -0.25) is 10.1 Å². The first-order valence-corrected chi connectivity index (χ1v) is 8.14. The van der Waals surface area contributed by atoms with E-state index in [0.29, 0.717) is 0 Å². The first-order chi connectivity index (χ1) is 10.9. The summed E-state index contributed by atoms with van der Waals surface area (Å²) in [5, 5.41) is 13.8. The summed E-state index contributed by atoms with van der Waals surface area (Å²) in [4.78, 5) is 24.3. The fourth-order valence-electron chi connectivity index (χ4n) is 2.38. The Bertz CT molecular complexity index is 534. The molecule has 0 saturated carbocycles. The Labute approximate surface area is 138 Å². The third-order valence-electron chi connectivity index (χ3n) is 4.08. The lowest BCUT2D eigenvalue weighted by Crippen LogP contribution is -2.42. The molecular weight excluding hydrogens is 294 g/mol. The molecule has 6 nitrogen and oxygen atoms in total. The van der Waals surface area contributed by atoms with Gasteiger partial charge in [-0.15, -0.1) is 0 Å². The number of nitrogens with zero attached hydrogens (tertiary/aromatic N) is 2. The number of nitro groups is 1. The van der Waals surface area contributed by atoms with E-state index in [9.17, 15) is 14.9 Å². The molecule has 0 saturated heterocycles. The molecule has 1 N–H and O–H groups in total. The van der Waals surface area contributed by atoms with Crippen molar-refractivity contribution < 1.29 is 9.72 Å². The van der Waals surface area contributed by atoms with Crippen molar-refractivity contribution in [2.24, 2.45) is 0 Å². The zero-order valence-corrected chi connectivity index (χ0v) is 14.4. The molecule has 0 aromatic heterocycles. The Balaban J connectivity index is 2.64. The second kappa shape index (κ2) is 9.12. The van der Waals surface area contributed by atoms with Crippen LogP contribution in [0.1, 0.15) is 58.1 Å². The summed E-state index contributed by atoms with van der Waals surface area (Å²) in [6, 6.07) is 6.13. The summed E-state index contributed by atoms with van der Waals surface area (Å²) >= 11 is 0. The van der Waals surface area contributed by atoms with E-state index < -0.39 is 4.92 Å². The number of benzene rings is 1. The van der Waals surface area contributed by atoms with Gasteiger partial charge in [-0.2, -0.15) is 0 Å². The van der Waals surface area contributed by atoms with Crippen molar-refractivity contribution in [1.29, 1.82) is 0 Å². The van der Waals surface area contributed by atoms with Crippen molar-refractivity contribution in [1.82, 2.24) is 10.2 Å².